The van der Waals surface area contributed by atoms with Gasteiger partial charge in [-0.25, -0.2) is 4.39 Å². The van der Waals surface area contributed by atoms with Gasteiger partial charge in [0.2, 0.25) is 0 Å². The zero-order valence-electron chi connectivity index (χ0n) is 11.6. The number of oxime groups is 1. The van der Waals surface area contributed by atoms with Gasteiger partial charge in [-0.15, -0.1) is 0 Å². The Kier molecular flexibility index (Phi) is 6.90. The first kappa shape index (κ1) is 17.2. The Morgan fingerprint density at radius 3 is 2.86 bits per heavy atom. The first-order valence-electron chi connectivity index (χ1n) is 6.19. The van der Waals surface area contributed by atoms with Gasteiger partial charge in [-0.05, 0) is 12.1 Å². The molecule has 0 radical (unpaired) electrons. The highest BCUT2D eigenvalue weighted by Crippen LogP contribution is 2.21. The first-order valence-corrected chi connectivity index (χ1v) is 6.57. The molecule has 116 valence electrons. The summed E-state index contributed by atoms with van der Waals surface area (Å²) in [5, 5.41) is 11.1. The molecule has 0 fully saturated rings. The number of nitrogens with two attached hydrogens (primary N) is 1. The standard InChI is InChI=1S/C13H17ClFN3O3/c1-21-8-7-18(6-5-11(16)17-20)13(19)9-3-2-4-10(15)12(9)14/h2-4,20H,5-8H2,1H3,(H2,16,17). The van der Waals surface area contributed by atoms with Crippen LogP contribution >= 0.6 is 11.6 Å². The summed E-state index contributed by atoms with van der Waals surface area (Å²) in [6.07, 6.45) is 0.179. The summed E-state index contributed by atoms with van der Waals surface area (Å²) >= 11 is 5.81. The van der Waals surface area contributed by atoms with Gasteiger partial charge in [0.1, 0.15) is 11.7 Å². The number of halogens is 2. The van der Waals surface area contributed by atoms with Crippen LogP contribution in [0.2, 0.25) is 5.02 Å². The van der Waals surface area contributed by atoms with Gasteiger partial charge in [-0.1, -0.05) is 22.8 Å². The molecule has 0 aliphatic carbocycles. The van der Waals surface area contributed by atoms with Crippen molar-refractivity contribution in [2.75, 3.05) is 26.8 Å². The lowest BCUT2D eigenvalue weighted by Gasteiger charge is -2.22. The second kappa shape index (κ2) is 8.43. The first-order chi connectivity index (χ1) is 10.0. The normalized spacial score (nSPS) is 11.5. The third-order valence-electron chi connectivity index (χ3n) is 2.80. The highest BCUT2D eigenvalue weighted by molar-refractivity contribution is 6.34. The molecule has 0 heterocycles. The fourth-order valence-corrected chi connectivity index (χ4v) is 1.86. The monoisotopic (exact) mass is 317 g/mol. The van der Waals surface area contributed by atoms with Crippen LogP contribution in [0.1, 0.15) is 16.8 Å². The third kappa shape index (κ3) is 4.87. The van der Waals surface area contributed by atoms with Gasteiger partial charge in [-0.3, -0.25) is 4.79 Å². The minimum Gasteiger partial charge on any atom is -0.409 e. The van der Waals surface area contributed by atoms with Crippen molar-refractivity contribution in [2.24, 2.45) is 10.9 Å². The smallest absolute Gasteiger partial charge is 0.255 e. The van der Waals surface area contributed by atoms with E-state index in [1.807, 2.05) is 0 Å². The molecule has 6 nitrogen and oxygen atoms in total. The lowest BCUT2D eigenvalue weighted by molar-refractivity contribution is 0.0700. The molecule has 0 spiro atoms. The summed E-state index contributed by atoms with van der Waals surface area (Å²) in [7, 11) is 1.50. The maximum atomic E-state index is 13.4. The number of amides is 1. The van der Waals surface area contributed by atoms with Crippen molar-refractivity contribution in [3.05, 3.63) is 34.6 Å². The Morgan fingerprint density at radius 2 is 2.24 bits per heavy atom. The Balaban J connectivity index is 2.90. The predicted octanol–water partition coefficient (Wildman–Crippen LogP) is 1.70. The number of nitrogens with zero attached hydrogens (tertiary/aromatic N) is 2. The number of carbonyl (C=O) groups excluding carboxylic acids is 1. The van der Waals surface area contributed by atoms with E-state index in [2.05, 4.69) is 5.16 Å². The largest absolute Gasteiger partial charge is 0.409 e. The highest BCUT2D eigenvalue weighted by Gasteiger charge is 2.20. The number of amidine groups is 1. The van der Waals surface area contributed by atoms with Gasteiger partial charge in [-0.2, -0.15) is 0 Å². The summed E-state index contributed by atoms with van der Waals surface area (Å²) in [5.41, 5.74) is 5.45. The van der Waals surface area contributed by atoms with Crippen molar-refractivity contribution in [3.63, 3.8) is 0 Å². The molecule has 0 aliphatic rings. The van der Waals surface area contributed by atoms with Crippen LogP contribution < -0.4 is 5.73 Å². The maximum absolute atomic E-state index is 13.4. The Morgan fingerprint density at radius 1 is 1.52 bits per heavy atom. The minimum atomic E-state index is -0.661. The van der Waals surface area contributed by atoms with E-state index in [1.54, 1.807) is 0 Å². The molecule has 1 aromatic carbocycles. The quantitative estimate of drug-likeness (QED) is 0.347. The number of benzene rings is 1. The fourth-order valence-electron chi connectivity index (χ4n) is 1.66. The fraction of sp³-hybridized carbons (Fsp3) is 0.385. The van der Waals surface area contributed by atoms with E-state index in [0.717, 1.165) is 0 Å². The molecule has 0 aliphatic heterocycles. The molecule has 0 atom stereocenters. The molecular weight excluding hydrogens is 301 g/mol. The van der Waals surface area contributed by atoms with Crippen LogP contribution in [0.3, 0.4) is 0 Å². The van der Waals surface area contributed by atoms with E-state index in [9.17, 15) is 9.18 Å². The second-order valence-corrected chi connectivity index (χ2v) is 4.61. The molecule has 1 rings (SSSR count). The molecule has 0 saturated heterocycles. The number of hydrogen-bond acceptors (Lipinski definition) is 4. The Labute approximate surface area is 126 Å². The average molecular weight is 318 g/mol. The zero-order valence-corrected chi connectivity index (χ0v) is 12.3. The van der Waals surface area contributed by atoms with E-state index in [4.69, 9.17) is 27.3 Å². The number of ether oxygens (including phenoxy) is 1. The number of hydrogen-bond donors (Lipinski definition) is 2. The lowest BCUT2D eigenvalue weighted by Crippen LogP contribution is -2.36. The molecule has 0 bridgehead atoms. The SMILES string of the molecule is COCCN(CC/C(N)=N/O)C(=O)c1cccc(F)c1Cl. The second-order valence-electron chi connectivity index (χ2n) is 4.23. The molecule has 0 aromatic heterocycles. The van der Waals surface area contributed by atoms with Crippen molar-refractivity contribution in [2.45, 2.75) is 6.42 Å². The summed E-state index contributed by atoms with van der Waals surface area (Å²) in [5.74, 6) is -1.11. The van der Waals surface area contributed by atoms with Crippen LogP contribution in [0.25, 0.3) is 0 Å². The maximum Gasteiger partial charge on any atom is 0.255 e. The van der Waals surface area contributed by atoms with E-state index < -0.39 is 11.7 Å². The van der Waals surface area contributed by atoms with Crippen molar-refractivity contribution in [3.8, 4) is 0 Å². The summed E-state index contributed by atoms with van der Waals surface area (Å²) in [4.78, 5) is 13.8. The minimum absolute atomic E-state index is 0.00411. The molecular formula is C13H17ClFN3O3. The molecule has 0 saturated carbocycles. The van der Waals surface area contributed by atoms with Gasteiger partial charge in [0.05, 0.1) is 17.2 Å². The van der Waals surface area contributed by atoms with E-state index >= 15 is 0 Å². The molecule has 1 aromatic rings. The van der Waals surface area contributed by atoms with Gasteiger partial charge in [0, 0.05) is 26.6 Å². The lowest BCUT2D eigenvalue weighted by atomic mass is 10.2. The van der Waals surface area contributed by atoms with E-state index in [1.165, 1.54) is 30.2 Å². The van der Waals surface area contributed by atoms with Crippen LogP contribution in [-0.2, 0) is 4.74 Å². The van der Waals surface area contributed by atoms with Crippen molar-refractivity contribution < 1.29 is 19.1 Å². The molecule has 0 unspecified atom stereocenters. The van der Waals surface area contributed by atoms with Crippen molar-refractivity contribution >= 4 is 23.3 Å². The van der Waals surface area contributed by atoms with Crippen LogP contribution in [-0.4, -0.2) is 48.7 Å². The average Bonchev–Trinajstić information content (AvgIpc) is 2.49. The highest BCUT2D eigenvalue weighted by atomic mass is 35.5. The van der Waals surface area contributed by atoms with E-state index in [-0.39, 0.29) is 35.9 Å². The topological polar surface area (TPSA) is 88.2 Å². The van der Waals surface area contributed by atoms with E-state index in [0.29, 0.717) is 6.61 Å². The summed E-state index contributed by atoms with van der Waals surface area (Å²) < 4.78 is 18.4. The summed E-state index contributed by atoms with van der Waals surface area (Å²) in [6.45, 7) is 0.778. The molecule has 21 heavy (non-hydrogen) atoms. The number of methoxy groups -OCH3 is 1. The van der Waals surface area contributed by atoms with Crippen LogP contribution in [0.5, 0.6) is 0 Å². The van der Waals surface area contributed by atoms with Gasteiger partial charge < -0.3 is 20.6 Å². The predicted molar refractivity (Wildman–Crippen MR) is 77.2 cm³/mol. The molecule has 8 heteroatoms. The Bertz CT molecular complexity index is 525. The van der Waals surface area contributed by atoms with Gasteiger partial charge >= 0.3 is 0 Å². The zero-order chi connectivity index (χ0) is 15.8. The van der Waals surface area contributed by atoms with Gasteiger partial charge in [0.15, 0.2) is 0 Å². The number of carbonyl (C=O) groups is 1. The molecule has 3 N–H and O–H groups in total. The van der Waals surface area contributed by atoms with Crippen LogP contribution in [0.15, 0.2) is 23.4 Å². The van der Waals surface area contributed by atoms with Crippen molar-refractivity contribution in [1.29, 1.82) is 0 Å². The van der Waals surface area contributed by atoms with Gasteiger partial charge in [0.25, 0.3) is 5.91 Å². The Hall–Kier alpha value is -1.86. The van der Waals surface area contributed by atoms with Crippen molar-refractivity contribution in [1.82, 2.24) is 4.90 Å². The summed E-state index contributed by atoms with van der Waals surface area (Å²) in [6, 6.07) is 4.03. The molecule has 1 amide bonds. The number of rotatable bonds is 7. The van der Waals surface area contributed by atoms with Crippen LogP contribution in [0.4, 0.5) is 4.39 Å². The van der Waals surface area contributed by atoms with Crippen LogP contribution in [0, 0.1) is 5.82 Å². The third-order valence-corrected chi connectivity index (χ3v) is 3.18.